The van der Waals surface area contributed by atoms with Crippen LogP contribution in [0.3, 0.4) is 0 Å². The van der Waals surface area contributed by atoms with Gasteiger partial charge in [-0.3, -0.25) is 0 Å². The summed E-state index contributed by atoms with van der Waals surface area (Å²) >= 11 is 0. The van der Waals surface area contributed by atoms with Crippen molar-refractivity contribution in [2.45, 2.75) is 31.7 Å². The van der Waals surface area contributed by atoms with Crippen LogP contribution in [-0.2, 0) is 6.42 Å². The Bertz CT molecular complexity index is 329. The van der Waals surface area contributed by atoms with Gasteiger partial charge in [0.25, 0.3) is 0 Å². The van der Waals surface area contributed by atoms with Gasteiger partial charge in [-0.1, -0.05) is 24.3 Å². The topological polar surface area (TPSA) is 38.0 Å². The van der Waals surface area contributed by atoms with Gasteiger partial charge < -0.3 is 11.1 Å². The highest BCUT2D eigenvalue weighted by Crippen LogP contribution is 2.30. The lowest BCUT2D eigenvalue weighted by Crippen LogP contribution is -2.36. The second-order valence-electron chi connectivity index (χ2n) is 4.72. The predicted octanol–water partition coefficient (Wildman–Crippen LogP) is 1.62. The molecule has 3 N–H and O–H groups in total. The Morgan fingerprint density at radius 3 is 2.73 bits per heavy atom. The van der Waals surface area contributed by atoms with Crippen LogP contribution in [-0.4, -0.2) is 18.6 Å². The molecular weight excluding hydrogens is 184 g/mol. The first-order chi connectivity index (χ1) is 7.20. The van der Waals surface area contributed by atoms with Crippen LogP contribution in [0.25, 0.3) is 0 Å². The zero-order valence-corrected chi connectivity index (χ0v) is 9.42. The highest BCUT2D eigenvalue weighted by atomic mass is 15.0. The lowest BCUT2D eigenvalue weighted by Gasteiger charge is -2.10. The fourth-order valence-electron chi connectivity index (χ4n) is 1.79. The van der Waals surface area contributed by atoms with Crippen molar-refractivity contribution in [1.82, 2.24) is 5.32 Å². The fraction of sp³-hybridized carbons (Fsp3) is 0.538. The van der Waals surface area contributed by atoms with Gasteiger partial charge in [-0.05, 0) is 43.9 Å². The van der Waals surface area contributed by atoms with Gasteiger partial charge >= 0.3 is 0 Å². The third-order valence-electron chi connectivity index (χ3n) is 3.20. The molecule has 1 aliphatic carbocycles. The van der Waals surface area contributed by atoms with E-state index in [0.29, 0.717) is 0 Å². The Balaban J connectivity index is 1.71. The number of hydrogen-bond acceptors (Lipinski definition) is 2. The van der Waals surface area contributed by atoms with E-state index in [2.05, 4.69) is 36.5 Å². The van der Waals surface area contributed by atoms with Crippen molar-refractivity contribution >= 4 is 0 Å². The summed E-state index contributed by atoms with van der Waals surface area (Å²) in [5.41, 5.74) is 8.94. The van der Waals surface area contributed by atoms with Crippen molar-refractivity contribution in [3.63, 3.8) is 0 Å². The molecule has 2 rings (SSSR count). The highest BCUT2D eigenvalue weighted by molar-refractivity contribution is 5.25. The molecular formula is C13H20N2. The minimum absolute atomic E-state index is 0.131. The maximum Gasteiger partial charge on any atom is 0.0282 e. The molecule has 1 saturated carbocycles. The summed E-state index contributed by atoms with van der Waals surface area (Å²) in [4.78, 5) is 0. The molecule has 1 aliphatic rings. The Morgan fingerprint density at radius 1 is 1.33 bits per heavy atom. The molecule has 0 amide bonds. The molecule has 1 aromatic carbocycles. The molecule has 0 heterocycles. The molecule has 0 radical (unpaired) electrons. The van der Waals surface area contributed by atoms with E-state index in [4.69, 9.17) is 5.73 Å². The fourth-order valence-corrected chi connectivity index (χ4v) is 1.79. The Labute approximate surface area is 91.9 Å². The molecule has 0 atom stereocenters. The number of nitrogens with one attached hydrogen (secondary N) is 1. The standard InChI is InChI=1S/C13H20N2/c1-11-4-2-3-5-12(11)6-9-15-10-13(14)7-8-13/h2-5,15H,6-10,14H2,1H3. The van der Waals surface area contributed by atoms with Crippen molar-refractivity contribution in [3.8, 4) is 0 Å². The van der Waals surface area contributed by atoms with Crippen LogP contribution < -0.4 is 11.1 Å². The van der Waals surface area contributed by atoms with Gasteiger partial charge in [0, 0.05) is 12.1 Å². The summed E-state index contributed by atoms with van der Waals surface area (Å²) < 4.78 is 0. The molecule has 2 nitrogen and oxygen atoms in total. The van der Waals surface area contributed by atoms with Crippen LogP contribution in [0.15, 0.2) is 24.3 Å². The Hall–Kier alpha value is -0.860. The maximum atomic E-state index is 5.99. The van der Waals surface area contributed by atoms with Crippen molar-refractivity contribution in [1.29, 1.82) is 0 Å². The van der Waals surface area contributed by atoms with E-state index in [1.54, 1.807) is 0 Å². The van der Waals surface area contributed by atoms with E-state index >= 15 is 0 Å². The van der Waals surface area contributed by atoms with E-state index in [9.17, 15) is 0 Å². The molecule has 0 aliphatic heterocycles. The Kier molecular flexibility index (Phi) is 3.08. The summed E-state index contributed by atoms with van der Waals surface area (Å²) in [6, 6.07) is 8.56. The second-order valence-corrected chi connectivity index (χ2v) is 4.72. The van der Waals surface area contributed by atoms with Crippen molar-refractivity contribution in [2.24, 2.45) is 5.73 Å². The molecule has 0 unspecified atom stereocenters. The summed E-state index contributed by atoms with van der Waals surface area (Å²) in [5.74, 6) is 0. The minimum atomic E-state index is 0.131. The van der Waals surface area contributed by atoms with E-state index in [1.165, 1.54) is 24.0 Å². The largest absolute Gasteiger partial charge is 0.324 e. The van der Waals surface area contributed by atoms with Crippen LogP contribution in [0.5, 0.6) is 0 Å². The monoisotopic (exact) mass is 204 g/mol. The molecule has 0 saturated heterocycles. The third-order valence-corrected chi connectivity index (χ3v) is 3.20. The second kappa shape index (κ2) is 4.33. The normalized spacial score (nSPS) is 17.7. The number of hydrogen-bond donors (Lipinski definition) is 2. The van der Waals surface area contributed by atoms with Gasteiger partial charge in [0.05, 0.1) is 0 Å². The quantitative estimate of drug-likeness (QED) is 0.715. The zero-order chi connectivity index (χ0) is 10.7. The number of benzene rings is 1. The molecule has 82 valence electrons. The van der Waals surface area contributed by atoms with Crippen LogP contribution in [0.4, 0.5) is 0 Å². The third kappa shape index (κ3) is 3.05. The van der Waals surface area contributed by atoms with Gasteiger partial charge in [0.2, 0.25) is 0 Å². The summed E-state index contributed by atoms with van der Waals surface area (Å²) in [7, 11) is 0. The lowest BCUT2D eigenvalue weighted by atomic mass is 10.1. The van der Waals surface area contributed by atoms with Gasteiger partial charge in [-0.2, -0.15) is 0 Å². The van der Waals surface area contributed by atoms with Gasteiger partial charge in [-0.25, -0.2) is 0 Å². The average Bonchev–Trinajstić information content (AvgIpc) is 2.94. The van der Waals surface area contributed by atoms with Gasteiger partial charge in [-0.15, -0.1) is 0 Å². The number of rotatable bonds is 5. The van der Waals surface area contributed by atoms with Crippen molar-refractivity contribution in [2.75, 3.05) is 13.1 Å². The lowest BCUT2D eigenvalue weighted by molar-refractivity contribution is 0.570. The Morgan fingerprint density at radius 2 is 2.07 bits per heavy atom. The average molecular weight is 204 g/mol. The molecule has 0 bridgehead atoms. The van der Waals surface area contributed by atoms with E-state index in [1.807, 2.05) is 0 Å². The molecule has 1 aromatic rings. The molecule has 1 fully saturated rings. The predicted molar refractivity (Wildman–Crippen MR) is 63.9 cm³/mol. The van der Waals surface area contributed by atoms with Crippen LogP contribution >= 0.6 is 0 Å². The smallest absolute Gasteiger partial charge is 0.0282 e. The van der Waals surface area contributed by atoms with Gasteiger partial charge in [0.15, 0.2) is 0 Å². The van der Waals surface area contributed by atoms with Crippen molar-refractivity contribution < 1.29 is 0 Å². The molecule has 2 heteroatoms. The summed E-state index contributed by atoms with van der Waals surface area (Å²) in [6.07, 6.45) is 3.47. The highest BCUT2D eigenvalue weighted by Gasteiger charge is 2.37. The zero-order valence-electron chi connectivity index (χ0n) is 9.42. The molecule has 0 spiro atoms. The van der Waals surface area contributed by atoms with E-state index < -0.39 is 0 Å². The molecule has 15 heavy (non-hydrogen) atoms. The van der Waals surface area contributed by atoms with E-state index in [0.717, 1.165) is 19.5 Å². The first-order valence-electron chi connectivity index (χ1n) is 5.74. The van der Waals surface area contributed by atoms with Crippen LogP contribution in [0.1, 0.15) is 24.0 Å². The van der Waals surface area contributed by atoms with Crippen molar-refractivity contribution in [3.05, 3.63) is 35.4 Å². The number of nitrogens with two attached hydrogens (primary N) is 1. The van der Waals surface area contributed by atoms with Crippen LogP contribution in [0, 0.1) is 6.92 Å². The maximum absolute atomic E-state index is 5.99. The van der Waals surface area contributed by atoms with Gasteiger partial charge in [0.1, 0.15) is 0 Å². The number of aryl methyl sites for hydroxylation is 1. The first-order valence-corrected chi connectivity index (χ1v) is 5.74. The van der Waals surface area contributed by atoms with Crippen LogP contribution in [0.2, 0.25) is 0 Å². The minimum Gasteiger partial charge on any atom is -0.324 e. The van der Waals surface area contributed by atoms with E-state index in [-0.39, 0.29) is 5.54 Å². The molecule has 0 aromatic heterocycles. The first kappa shape index (κ1) is 10.7. The summed E-state index contributed by atoms with van der Waals surface area (Å²) in [5, 5.41) is 3.44. The summed E-state index contributed by atoms with van der Waals surface area (Å²) in [6.45, 7) is 4.17. The SMILES string of the molecule is Cc1ccccc1CCNCC1(N)CC1.